The Morgan fingerprint density at radius 2 is 2.06 bits per heavy atom. The predicted molar refractivity (Wildman–Crippen MR) is 57.8 cm³/mol. The zero-order chi connectivity index (χ0) is 11.5. The van der Waals surface area contributed by atoms with E-state index in [0.29, 0.717) is 5.69 Å². The lowest BCUT2D eigenvalue weighted by atomic mass is 10.3. The number of benzene rings is 1. The standard InChI is InChI=1S/C11H12N2O3/c14-9-6-10(15)13(7-9)11(16)12-8-4-2-1-3-5-8/h1-5,9,14H,6-7H2,(H,12,16). The van der Waals surface area contributed by atoms with Gasteiger partial charge in [-0.2, -0.15) is 0 Å². The Morgan fingerprint density at radius 3 is 2.62 bits per heavy atom. The minimum Gasteiger partial charge on any atom is -0.391 e. The number of hydrogen-bond donors (Lipinski definition) is 2. The second-order valence-corrected chi connectivity index (χ2v) is 3.66. The summed E-state index contributed by atoms with van der Waals surface area (Å²) in [6, 6.07) is 8.38. The number of anilines is 1. The fourth-order valence-electron chi connectivity index (χ4n) is 1.60. The number of likely N-dealkylation sites (tertiary alicyclic amines) is 1. The van der Waals surface area contributed by atoms with E-state index >= 15 is 0 Å². The summed E-state index contributed by atoms with van der Waals surface area (Å²) >= 11 is 0. The van der Waals surface area contributed by atoms with E-state index in [-0.39, 0.29) is 18.9 Å². The maximum atomic E-state index is 11.7. The number of rotatable bonds is 1. The maximum absolute atomic E-state index is 11.7. The number of nitrogens with one attached hydrogen (secondary N) is 1. The highest BCUT2D eigenvalue weighted by atomic mass is 16.3. The summed E-state index contributed by atoms with van der Waals surface area (Å²) in [7, 11) is 0. The first-order valence-corrected chi connectivity index (χ1v) is 5.01. The van der Waals surface area contributed by atoms with Crippen molar-refractivity contribution in [2.24, 2.45) is 0 Å². The molecule has 0 aliphatic carbocycles. The third kappa shape index (κ3) is 2.20. The molecule has 2 N–H and O–H groups in total. The Balaban J connectivity index is 2.01. The average Bonchev–Trinajstić information content (AvgIpc) is 2.59. The summed E-state index contributed by atoms with van der Waals surface area (Å²) in [6.45, 7) is 0.0670. The SMILES string of the molecule is O=C1CC(O)CN1C(=O)Nc1ccccc1. The number of carbonyl (C=O) groups excluding carboxylic acids is 2. The number of para-hydroxylation sites is 1. The van der Waals surface area contributed by atoms with Gasteiger partial charge in [-0.25, -0.2) is 4.79 Å². The number of carbonyl (C=O) groups is 2. The Bertz CT molecular complexity index is 405. The van der Waals surface area contributed by atoms with Crippen LogP contribution in [0.15, 0.2) is 30.3 Å². The van der Waals surface area contributed by atoms with E-state index in [2.05, 4.69) is 5.32 Å². The summed E-state index contributed by atoms with van der Waals surface area (Å²) in [5.41, 5.74) is 0.627. The summed E-state index contributed by atoms with van der Waals surface area (Å²) in [5, 5.41) is 11.8. The zero-order valence-corrected chi connectivity index (χ0v) is 8.59. The van der Waals surface area contributed by atoms with Gasteiger partial charge in [-0.3, -0.25) is 9.69 Å². The number of nitrogens with zero attached hydrogens (tertiary/aromatic N) is 1. The number of imide groups is 1. The van der Waals surface area contributed by atoms with Gasteiger partial charge in [0.15, 0.2) is 0 Å². The summed E-state index contributed by atoms with van der Waals surface area (Å²) < 4.78 is 0. The van der Waals surface area contributed by atoms with E-state index in [4.69, 9.17) is 0 Å². The second-order valence-electron chi connectivity index (χ2n) is 3.66. The highest BCUT2D eigenvalue weighted by molar-refractivity contribution is 6.02. The fraction of sp³-hybridized carbons (Fsp3) is 0.273. The first-order chi connectivity index (χ1) is 7.66. The van der Waals surface area contributed by atoms with Crippen LogP contribution >= 0.6 is 0 Å². The van der Waals surface area contributed by atoms with E-state index in [0.717, 1.165) is 4.90 Å². The molecule has 1 fully saturated rings. The molecule has 3 amide bonds. The summed E-state index contributed by atoms with van der Waals surface area (Å²) in [6.07, 6.45) is -0.726. The van der Waals surface area contributed by atoms with Crippen LogP contribution < -0.4 is 5.32 Å². The molecule has 1 aromatic carbocycles. The van der Waals surface area contributed by atoms with E-state index < -0.39 is 12.1 Å². The molecule has 1 aromatic rings. The lowest BCUT2D eigenvalue weighted by Crippen LogP contribution is -2.36. The van der Waals surface area contributed by atoms with Gasteiger partial charge in [-0.1, -0.05) is 18.2 Å². The van der Waals surface area contributed by atoms with Gasteiger partial charge in [-0.05, 0) is 12.1 Å². The molecule has 1 aliphatic heterocycles. The minimum absolute atomic E-state index is 0.0161. The lowest BCUT2D eigenvalue weighted by molar-refractivity contribution is -0.125. The zero-order valence-electron chi connectivity index (χ0n) is 8.59. The molecule has 0 bridgehead atoms. The van der Waals surface area contributed by atoms with E-state index in [9.17, 15) is 14.7 Å². The Labute approximate surface area is 92.7 Å². The molecule has 5 heteroatoms. The van der Waals surface area contributed by atoms with Gasteiger partial charge in [0, 0.05) is 5.69 Å². The van der Waals surface area contributed by atoms with Crippen LogP contribution in [0.1, 0.15) is 6.42 Å². The molecule has 5 nitrogen and oxygen atoms in total. The second kappa shape index (κ2) is 4.32. The number of amides is 3. The van der Waals surface area contributed by atoms with Crippen LogP contribution in [0.3, 0.4) is 0 Å². The van der Waals surface area contributed by atoms with Gasteiger partial charge in [0.25, 0.3) is 0 Å². The summed E-state index contributed by atoms with van der Waals surface area (Å²) in [5.74, 6) is -0.346. The topological polar surface area (TPSA) is 69.6 Å². The molecule has 1 unspecified atom stereocenters. The Morgan fingerprint density at radius 1 is 1.38 bits per heavy atom. The molecule has 1 saturated heterocycles. The van der Waals surface area contributed by atoms with Crippen LogP contribution in [0.5, 0.6) is 0 Å². The average molecular weight is 220 g/mol. The molecule has 84 valence electrons. The highest BCUT2D eigenvalue weighted by Gasteiger charge is 2.32. The maximum Gasteiger partial charge on any atom is 0.328 e. The van der Waals surface area contributed by atoms with Crippen molar-refractivity contribution in [2.45, 2.75) is 12.5 Å². The minimum atomic E-state index is -0.742. The molecule has 1 atom stereocenters. The van der Waals surface area contributed by atoms with E-state index in [1.54, 1.807) is 24.3 Å². The summed E-state index contributed by atoms with van der Waals surface area (Å²) in [4.78, 5) is 24.0. The first-order valence-electron chi connectivity index (χ1n) is 5.01. The number of β-amino-alcohol motifs (C(OH)–C–C–N with tert-alkyl or cyclic N) is 1. The number of aliphatic hydroxyl groups is 1. The molecule has 0 radical (unpaired) electrons. The highest BCUT2D eigenvalue weighted by Crippen LogP contribution is 2.13. The van der Waals surface area contributed by atoms with Crippen molar-refractivity contribution in [3.05, 3.63) is 30.3 Å². The van der Waals surface area contributed by atoms with Crippen LogP contribution in [0.2, 0.25) is 0 Å². The lowest BCUT2D eigenvalue weighted by Gasteiger charge is -2.14. The van der Waals surface area contributed by atoms with Crippen molar-refractivity contribution in [3.8, 4) is 0 Å². The Kier molecular flexibility index (Phi) is 2.87. The van der Waals surface area contributed by atoms with Gasteiger partial charge < -0.3 is 10.4 Å². The largest absolute Gasteiger partial charge is 0.391 e. The van der Waals surface area contributed by atoms with Crippen LogP contribution in [0, 0.1) is 0 Å². The Hall–Kier alpha value is -1.88. The van der Waals surface area contributed by atoms with Crippen molar-refractivity contribution in [1.82, 2.24) is 4.90 Å². The van der Waals surface area contributed by atoms with Crippen molar-refractivity contribution in [3.63, 3.8) is 0 Å². The molecule has 1 heterocycles. The van der Waals surface area contributed by atoms with Gasteiger partial charge in [-0.15, -0.1) is 0 Å². The quantitative estimate of drug-likeness (QED) is 0.735. The van der Waals surface area contributed by atoms with Gasteiger partial charge in [0.2, 0.25) is 5.91 Å². The fourth-order valence-corrected chi connectivity index (χ4v) is 1.60. The number of urea groups is 1. The molecule has 1 aliphatic rings. The van der Waals surface area contributed by atoms with Gasteiger partial charge in [0.05, 0.1) is 19.1 Å². The molecular weight excluding hydrogens is 208 g/mol. The van der Waals surface area contributed by atoms with Crippen molar-refractivity contribution >= 4 is 17.6 Å². The van der Waals surface area contributed by atoms with Crippen LogP contribution in [-0.4, -0.2) is 34.6 Å². The predicted octanol–water partition coefficient (Wildman–Crippen LogP) is 0.812. The van der Waals surface area contributed by atoms with Crippen molar-refractivity contribution in [1.29, 1.82) is 0 Å². The van der Waals surface area contributed by atoms with Crippen molar-refractivity contribution < 1.29 is 14.7 Å². The normalized spacial score (nSPS) is 19.9. The molecule has 2 rings (SSSR count). The molecule has 0 saturated carbocycles. The van der Waals surface area contributed by atoms with E-state index in [1.807, 2.05) is 6.07 Å². The third-order valence-electron chi connectivity index (χ3n) is 2.37. The van der Waals surface area contributed by atoms with Crippen LogP contribution in [-0.2, 0) is 4.79 Å². The monoisotopic (exact) mass is 220 g/mol. The van der Waals surface area contributed by atoms with Gasteiger partial charge >= 0.3 is 6.03 Å². The molecule has 0 spiro atoms. The number of aliphatic hydroxyl groups excluding tert-OH is 1. The van der Waals surface area contributed by atoms with Gasteiger partial charge in [0.1, 0.15) is 0 Å². The first kappa shape index (κ1) is 10.6. The molecular formula is C11H12N2O3. The smallest absolute Gasteiger partial charge is 0.328 e. The third-order valence-corrected chi connectivity index (χ3v) is 2.37. The van der Waals surface area contributed by atoms with Crippen molar-refractivity contribution in [2.75, 3.05) is 11.9 Å². The molecule has 0 aromatic heterocycles. The van der Waals surface area contributed by atoms with E-state index in [1.165, 1.54) is 0 Å². The van der Waals surface area contributed by atoms with Crippen LogP contribution in [0.4, 0.5) is 10.5 Å². The number of hydrogen-bond acceptors (Lipinski definition) is 3. The van der Waals surface area contributed by atoms with Crippen LogP contribution in [0.25, 0.3) is 0 Å². The molecule has 16 heavy (non-hydrogen) atoms.